The second-order valence-corrected chi connectivity index (χ2v) is 6.64. The van der Waals surface area contributed by atoms with Crippen molar-refractivity contribution >= 4 is 28.4 Å². The number of carbonyl (C=O) groups is 2. The second-order valence-electron chi connectivity index (χ2n) is 6.64. The van der Waals surface area contributed by atoms with E-state index in [-0.39, 0.29) is 23.8 Å². The first-order chi connectivity index (χ1) is 13.0. The summed E-state index contributed by atoms with van der Waals surface area (Å²) >= 11 is 0. The van der Waals surface area contributed by atoms with Crippen molar-refractivity contribution < 1.29 is 14.0 Å². The quantitative estimate of drug-likeness (QED) is 0.755. The molecule has 0 aliphatic carbocycles. The number of rotatable bonds is 4. The molecule has 3 heterocycles. The minimum atomic E-state index is -0.445. The summed E-state index contributed by atoms with van der Waals surface area (Å²) in [6.07, 6.45) is 3.17. The largest absolute Gasteiger partial charge is 0.467 e. The summed E-state index contributed by atoms with van der Waals surface area (Å²) in [6.45, 7) is 0.690. The van der Waals surface area contributed by atoms with Crippen molar-refractivity contribution in [2.45, 2.75) is 13.0 Å². The number of amides is 2. The van der Waals surface area contributed by atoms with Gasteiger partial charge in [0, 0.05) is 25.7 Å². The van der Waals surface area contributed by atoms with Crippen LogP contribution in [0.15, 0.2) is 52.1 Å². The fraction of sp³-hybridized carbons (Fsp3) is 0.263. The van der Waals surface area contributed by atoms with Crippen LogP contribution in [-0.4, -0.2) is 32.8 Å². The van der Waals surface area contributed by atoms with Gasteiger partial charge in [0.05, 0.1) is 36.0 Å². The second kappa shape index (κ2) is 6.71. The van der Waals surface area contributed by atoms with Crippen molar-refractivity contribution in [3.63, 3.8) is 0 Å². The van der Waals surface area contributed by atoms with Crippen molar-refractivity contribution in [1.82, 2.24) is 14.5 Å². The molecule has 8 nitrogen and oxygen atoms in total. The highest BCUT2D eigenvalue weighted by Crippen LogP contribution is 2.23. The molecule has 4 rings (SSSR count). The molecule has 3 aromatic rings. The molecule has 1 aromatic carbocycles. The Morgan fingerprint density at radius 3 is 2.96 bits per heavy atom. The fourth-order valence-electron chi connectivity index (χ4n) is 3.22. The van der Waals surface area contributed by atoms with Crippen LogP contribution in [0.25, 0.3) is 10.9 Å². The Kier molecular flexibility index (Phi) is 4.23. The van der Waals surface area contributed by atoms with E-state index in [4.69, 9.17) is 4.42 Å². The highest BCUT2D eigenvalue weighted by molar-refractivity contribution is 5.98. The summed E-state index contributed by atoms with van der Waals surface area (Å²) in [5.41, 5.74) is 0.892. The molecule has 0 unspecified atom stereocenters. The van der Waals surface area contributed by atoms with Crippen LogP contribution in [0, 0.1) is 5.92 Å². The number of aromatic nitrogens is 2. The molecule has 8 heteroatoms. The average molecular weight is 366 g/mol. The number of benzene rings is 1. The molecule has 138 valence electrons. The number of fused-ring (bicyclic) bond motifs is 1. The number of anilines is 1. The molecule has 0 spiro atoms. The zero-order chi connectivity index (χ0) is 19.0. The Hall–Kier alpha value is -3.42. The summed E-state index contributed by atoms with van der Waals surface area (Å²) in [5, 5.41) is 3.24. The summed E-state index contributed by atoms with van der Waals surface area (Å²) in [7, 11) is 1.62. The zero-order valence-electron chi connectivity index (χ0n) is 14.7. The molecule has 1 N–H and O–H groups in total. The van der Waals surface area contributed by atoms with E-state index in [1.54, 1.807) is 48.5 Å². The minimum absolute atomic E-state index is 0.0804. The van der Waals surface area contributed by atoms with Gasteiger partial charge >= 0.3 is 0 Å². The highest BCUT2D eigenvalue weighted by Gasteiger charge is 2.34. The third kappa shape index (κ3) is 3.33. The number of likely N-dealkylation sites (tertiary alicyclic amines) is 1. The Balaban J connectivity index is 1.48. The van der Waals surface area contributed by atoms with Gasteiger partial charge in [0.1, 0.15) is 5.76 Å². The van der Waals surface area contributed by atoms with Crippen molar-refractivity contribution in [2.24, 2.45) is 13.0 Å². The first-order valence-electron chi connectivity index (χ1n) is 8.57. The Bertz CT molecular complexity index is 1070. The van der Waals surface area contributed by atoms with Gasteiger partial charge in [-0.15, -0.1) is 0 Å². The number of carbonyl (C=O) groups excluding carboxylic acids is 2. The zero-order valence-corrected chi connectivity index (χ0v) is 14.7. The minimum Gasteiger partial charge on any atom is -0.467 e. The third-order valence-electron chi connectivity index (χ3n) is 4.70. The lowest BCUT2D eigenvalue weighted by molar-refractivity contribution is -0.128. The SMILES string of the molecule is Cn1cnc2ccc(NC(=O)[C@@H]3CC(=O)N(Cc4ccco4)C3)cc2c1=O. The van der Waals surface area contributed by atoms with E-state index >= 15 is 0 Å². The summed E-state index contributed by atoms with van der Waals surface area (Å²) in [5.74, 6) is -0.0873. The maximum atomic E-state index is 12.6. The monoisotopic (exact) mass is 366 g/mol. The Morgan fingerprint density at radius 2 is 2.19 bits per heavy atom. The van der Waals surface area contributed by atoms with Crippen LogP contribution < -0.4 is 10.9 Å². The van der Waals surface area contributed by atoms with Gasteiger partial charge in [-0.2, -0.15) is 0 Å². The lowest BCUT2D eigenvalue weighted by Crippen LogP contribution is -2.28. The van der Waals surface area contributed by atoms with E-state index in [0.717, 1.165) is 0 Å². The number of nitrogens with one attached hydrogen (secondary N) is 1. The van der Waals surface area contributed by atoms with Crippen molar-refractivity contribution in [1.29, 1.82) is 0 Å². The van der Waals surface area contributed by atoms with E-state index < -0.39 is 5.92 Å². The highest BCUT2D eigenvalue weighted by atomic mass is 16.3. The number of hydrogen-bond donors (Lipinski definition) is 1. The van der Waals surface area contributed by atoms with Crippen molar-refractivity contribution in [3.8, 4) is 0 Å². The van der Waals surface area contributed by atoms with Crippen molar-refractivity contribution in [2.75, 3.05) is 11.9 Å². The molecule has 1 atom stereocenters. The van der Waals surface area contributed by atoms with Gasteiger partial charge in [-0.3, -0.25) is 14.4 Å². The lowest BCUT2D eigenvalue weighted by atomic mass is 10.1. The third-order valence-corrected chi connectivity index (χ3v) is 4.70. The molecule has 0 bridgehead atoms. The molecule has 27 heavy (non-hydrogen) atoms. The number of nitrogens with zero attached hydrogens (tertiary/aromatic N) is 3. The van der Waals surface area contributed by atoms with E-state index in [1.807, 2.05) is 0 Å². The first-order valence-corrected chi connectivity index (χ1v) is 8.57. The van der Waals surface area contributed by atoms with Gasteiger partial charge in [-0.1, -0.05) is 0 Å². The average Bonchev–Trinajstić information content (AvgIpc) is 3.29. The van der Waals surface area contributed by atoms with Crippen LogP contribution >= 0.6 is 0 Å². The maximum absolute atomic E-state index is 12.6. The molecule has 0 radical (unpaired) electrons. The molecule has 1 fully saturated rings. The smallest absolute Gasteiger partial charge is 0.260 e. The van der Waals surface area contributed by atoms with Gasteiger partial charge in [0.2, 0.25) is 11.8 Å². The van der Waals surface area contributed by atoms with Gasteiger partial charge in [0.15, 0.2) is 0 Å². The molecular formula is C19H18N4O4. The maximum Gasteiger partial charge on any atom is 0.260 e. The van der Waals surface area contributed by atoms with Crippen LogP contribution in [0.1, 0.15) is 12.2 Å². The van der Waals surface area contributed by atoms with Crippen molar-refractivity contribution in [3.05, 3.63) is 59.0 Å². The van der Waals surface area contributed by atoms with Crippen LogP contribution in [0.3, 0.4) is 0 Å². The molecule has 1 saturated heterocycles. The molecule has 2 amide bonds. The molecule has 2 aromatic heterocycles. The summed E-state index contributed by atoms with van der Waals surface area (Å²) in [4.78, 5) is 42.8. The van der Waals surface area contributed by atoms with E-state index in [0.29, 0.717) is 35.4 Å². The standard InChI is InChI=1S/C19H18N4O4/c1-22-11-20-16-5-4-13(8-15(16)19(22)26)21-18(25)12-7-17(24)23(9-12)10-14-3-2-6-27-14/h2-6,8,11-12H,7,9-10H2,1H3,(H,21,25)/t12-/m1/s1. The predicted molar refractivity (Wildman–Crippen MR) is 97.8 cm³/mol. The van der Waals surface area contributed by atoms with Crippen LogP contribution in [0.2, 0.25) is 0 Å². The van der Waals surface area contributed by atoms with Gasteiger partial charge in [0.25, 0.3) is 5.56 Å². The lowest BCUT2D eigenvalue weighted by Gasteiger charge is -2.15. The van der Waals surface area contributed by atoms with E-state index in [1.165, 1.54) is 10.9 Å². The number of aryl methyl sites for hydroxylation is 1. The van der Waals surface area contributed by atoms with Crippen LogP contribution in [0.5, 0.6) is 0 Å². The summed E-state index contributed by atoms with van der Waals surface area (Å²) < 4.78 is 6.65. The van der Waals surface area contributed by atoms with E-state index in [9.17, 15) is 14.4 Å². The topological polar surface area (TPSA) is 97.4 Å². The normalized spacial score (nSPS) is 16.9. The molecule has 0 saturated carbocycles. The Morgan fingerprint density at radius 1 is 1.33 bits per heavy atom. The Labute approximate surface area is 154 Å². The van der Waals surface area contributed by atoms with Gasteiger partial charge in [-0.25, -0.2) is 4.98 Å². The first kappa shape index (κ1) is 17.0. The number of furan rings is 1. The van der Waals surface area contributed by atoms with Crippen LogP contribution in [0.4, 0.5) is 5.69 Å². The fourth-order valence-corrected chi connectivity index (χ4v) is 3.22. The molecular weight excluding hydrogens is 348 g/mol. The van der Waals surface area contributed by atoms with E-state index in [2.05, 4.69) is 10.3 Å². The van der Waals surface area contributed by atoms with Crippen LogP contribution in [-0.2, 0) is 23.2 Å². The van der Waals surface area contributed by atoms with Gasteiger partial charge < -0.3 is 19.2 Å². The predicted octanol–water partition coefficient (Wildman–Crippen LogP) is 1.51. The van der Waals surface area contributed by atoms with Gasteiger partial charge in [-0.05, 0) is 30.3 Å². The molecule has 1 aliphatic rings. The molecule has 1 aliphatic heterocycles. The summed E-state index contributed by atoms with van der Waals surface area (Å²) in [6, 6.07) is 8.56. The number of hydrogen-bond acceptors (Lipinski definition) is 5.